The Morgan fingerprint density at radius 1 is 1.31 bits per heavy atom. The van der Waals surface area contributed by atoms with Crippen LogP contribution in [0.4, 0.5) is 0 Å². The van der Waals surface area contributed by atoms with Crippen molar-refractivity contribution in [3.05, 3.63) is 40.5 Å². The topological polar surface area (TPSA) is 83.2 Å². The largest absolute Gasteiger partial charge is 0.497 e. The van der Waals surface area contributed by atoms with Gasteiger partial charge in [0.05, 0.1) is 18.0 Å². The van der Waals surface area contributed by atoms with E-state index in [2.05, 4.69) is 15.0 Å². The first-order valence-corrected chi connectivity index (χ1v) is 10.5. The van der Waals surface area contributed by atoms with Crippen LogP contribution >= 0.6 is 11.3 Å². The van der Waals surface area contributed by atoms with Crippen molar-refractivity contribution < 1.29 is 14.6 Å². The lowest BCUT2D eigenvalue weighted by Gasteiger charge is -2.38. The molecular weight excluding hydrogens is 390 g/mol. The van der Waals surface area contributed by atoms with E-state index in [4.69, 9.17) is 4.74 Å². The summed E-state index contributed by atoms with van der Waals surface area (Å²) in [6.45, 7) is 6.36. The third-order valence-corrected chi connectivity index (χ3v) is 6.41. The zero-order valence-electron chi connectivity index (χ0n) is 16.8. The van der Waals surface area contributed by atoms with E-state index in [0.717, 1.165) is 35.7 Å². The molecule has 3 heterocycles. The molecule has 8 nitrogen and oxygen atoms in total. The van der Waals surface area contributed by atoms with E-state index >= 15 is 0 Å². The first-order valence-electron chi connectivity index (χ1n) is 9.72. The van der Waals surface area contributed by atoms with Gasteiger partial charge in [0, 0.05) is 39.5 Å². The fourth-order valence-electron chi connectivity index (χ4n) is 3.75. The lowest BCUT2D eigenvalue weighted by Crippen LogP contribution is -2.49. The molecule has 2 aromatic heterocycles. The Balaban J connectivity index is 1.75. The minimum atomic E-state index is -0.169. The van der Waals surface area contributed by atoms with Crippen LogP contribution in [-0.4, -0.2) is 68.7 Å². The van der Waals surface area contributed by atoms with Crippen LogP contribution in [0.25, 0.3) is 4.96 Å². The summed E-state index contributed by atoms with van der Waals surface area (Å²) < 4.78 is 6.95. The molecule has 1 amide bonds. The second kappa shape index (κ2) is 8.00. The molecule has 1 atom stereocenters. The summed E-state index contributed by atoms with van der Waals surface area (Å²) in [6, 6.07) is 7.73. The fraction of sp³-hybridized carbons (Fsp3) is 0.450. The highest BCUT2D eigenvalue weighted by atomic mass is 32.1. The number of thiazole rings is 1. The minimum Gasteiger partial charge on any atom is -0.497 e. The predicted octanol–water partition coefficient (Wildman–Crippen LogP) is 2.32. The Kier molecular flexibility index (Phi) is 5.42. The molecule has 0 bridgehead atoms. The number of aromatic nitrogens is 3. The fourth-order valence-corrected chi connectivity index (χ4v) is 4.89. The van der Waals surface area contributed by atoms with E-state index < -0.39 is 0 Å². The number of rotatable bonds is 5. The van der Waals surface area contributed by atoms with E-state index in [1.165, 1.54) is 15.9 Å². The number of aromatic hydroxyl groups is 1. The highest BCUT2D eigenvalue weighted by Gasteiger charge is 2.32. The van der Waals surface area contributed by atoms with Gasteiger partial charge in [0.1, 0.15) is 5.75 Å². The summed E-state index contributed by atoms with van der Waals surface area (Å²) in [5.74, 6) is 1.70. The van der Waals surface area contributed by atoms with Crippen LogP contribution < -0.4 is 4.74 Å². The van der Waals surface area contributed by atoms with Crippen LogP contribution in [0, 0.1) is 0 Å². The van der Waals surface area contributed by atoms with Crippen molar-refractivity contribution >= 4 is 22.2 Å². The number of hydrogen-bond donors (Lipinski definition) is 1. The second-order valence-electron chi connectivity index (χ2n) is 7.09. The number of piperazine rings is 1. The number of benzene rings is 1. The Labute approximate surface area is 173 Å². The van der Waals surface area contributed by atoms with E-state index in [1.807, 2.05) is 36.1 Å². The third-order valence-electron chi connectivity index (χ3n) is 5.34. The van der Waals surface area contributed by atoms with Crippen LogP contribution in [0.2, 0.25) is 0 Å². The SMILES string of the molecule is CCc1nc2sc([C@@H](c3cccc(OC)c3)N3CCN(C(C)=O)CC3)c(O)n2n1. The van der Waals surface area contributed by atoms with Gasteiger partial charge in [-0.25, -0.2) is 4.98 Å². The number of amides is 1. The number of nitrogens with zero attached hydrogens (tertiary/aromatic N) is 5. The average Bonchev–Trinajstić information content (AvgIpc) is 3.28. The number of aryl methyl sites for hydroxylation is 1. The van der Waals surface area contributed by atoms with Crippen molar-refractivity contribution in [3.63, 3.8) is 0 Å². The lowest BCUT2D eigenvalue weighted by molar-refractivity contribution is -0.130. The van der Waals surface area contributed by atoms with Crippen LogP contribution in [0.1, 0.15) is 36.2 Å². The minimum absolute atomic E-state index is 0.0938. The van der Waals surface area contributed by atoms with Crippen LogP contribution in [0.5, 0.6) is 11.6 Å². The number of methoxy groups -OCH3 is 1. The van der Waals surface area contributed by atoms with Crippen LogP contribution in [0.15, 0.2) is 24.3 Å². The molecule has 29 heavy (non-hydrogen) atoms. The van der Waals surface area contributed by atoms with Gasteiger partial charge in [-0.3, -0.25) is 9.69 Å². The van der Waals surface area contributed by atoms with Gasteiger partial charge in [0.15, 0.2) is 5.82 Å². The zero-order chi connectivity index (χ0) is 20.5. The van der Waals surface area contributed by atoms with Crippen LogP contribution in [0.3, 0.4) is 0 Å². The van der Waals surface area contributed by atoms with E-state index in [0.29, 0.717) is 23.9 Å². The van der Waals surface area contributed by atoms with Crippen LogP contribution in [-0.2, 0) is 11.2 Å². The molecule has 1 N–H and O–H groups in total. The third kappa shape index (κ3) is 3.67. The standard InChI is InChI=1S/C20H25N5O3S/c1-4-16-21-20-25(22-16)19(27)18(29-20)17(14-6-5-7-15(12-14)28-3)24-10-8-23(9-11-24)13(2)26/h5-7,12,17,27H,4,8-11H2,1-3H3/t17-/m1/s1. The van der Waals surface area contributed by atoms with Crippen molar-refractivity contribution in [3.8, 4) is 11.6 Å². The molecule has 0 unspecified atom stereocenters. The van der Waals surface area contributed by atoms with E-state index in [9.17, 15) is 9.90 Å². The molecule has 3 aromatic rings. The maximum Gasteiger partial charge on any atom is 0.230 e. The Bertz CT molecular complexity index is 1020. The van der Waals surface area contributed by atoms with Crippen molar-refractivity contribution in [2.75, 3.05) is 33.3 Å². The molecule has 1 aromatic carbocycles. The maximum absolute atomic E-state index is 11.7. The molecule has 1 saturated heterocycles. The number of carbonyl (C=O) groups excluding carboxylic acids is 1. The number of fused-ring (bicyclic) bond motifs is 1. The van der Waals surface area contributed by atoms with Gasteiger partial charge in [-0.2, -0.15) is 4.52 Å². The molecule has 0 saturated carbocycles. The normalized spacial score (nSPS) is 16.3. The van der Waals surface area contributed by atoms with E-state index in [-0.39, 0.29) is 17.8 Å². The maximum atomic E-state index is 11.7. The summed E-state index contributed by atoms with van der Waals surface area (Å²) >= 11 is 1.45. The second-order valence-corrected chi connectivity index (χ2v) is 8.10. The van der Waals surface area contributed by atoms with Gasteiger partial charge >= 0.3 is 0 Å². The van der Waals surface area contributed by atoms with Gasteiger partial charge in [-0.1, -0.05) is 30.4 Å². The highest BCUT2D eigenvalue weighted by Crippen LogP contribution is 2.41. The van der Waals surface area contributed by atoms with Gasteiger partial charge in [0.2, 0.25) is 16.7 Å². The molecule has 154 valence electrons. The van der Waals surface area contributed by atoms with Gasteiger partial charge < -0.3 is 14.7 Å². The van der Waals surface area contributed by atoms with Gasteiger partial charge in [-0.05, 0) is 17.7 Å². The molecule has 1 aliphatic heterocycles. The lowest BCUT2D eigenvalue weighted by atomic mass is 10.0. The smallest absolute Gasteiger partial charge is 0.230 e. The van der Waals surface area contributed by atoms with Crippen molar-refractivity contribution in [1.29, 1.82) is 0 Å². The molecule has 0 spiro atoms. The summed E-state index contributed by atoms with van der Waals surface area (Å²) in [7, 11) is 1.65. The van der Waals surface area contributed by atoms with Crippen molar-refractivity contribution in [2.24, 2.45) is 0 Å². The Hall–Kier alpha value is -2.65. The first-order chi connectivity index (χ1) is 14.0. The highest BCUT2D eigenvalue weighted by molar-refractivity contribution is 7.17. The molecule has 9 heteroatoms. The molecule has 0 radical (unpaired) electrons. The van der Waals surface area contributed by atoms with Crippen molar-refractivity contribution in [1.82, 2.24) is 24.4 Å². The average molecular weight is 416 g/mol. The molecule has 4 rings (SSSR count). The summed E-state index contributed by atoms with van der Waals surface area (Å²) in [5.41, 5.74) is 1.02. The molecule has 1 aliphatic rings. The quantitative estimate of drug-likeness (QED) is 0.689. The molecule has 1 fully saturated rings. The first kappa shape index (κ1) is 19.7. The van der Waals surface area contributed by atoms with Crippen molar-refractivity contribution in [2.45, 2.75) is 26.3 Å². The van der Waals surface area contributed by atoms with Gasteiger partial charge in [0.25, 0.3) is 0 Å². The van der Waals surface area contributed by atoms with Gasteiger partial charge in [-0.15, -0.1) is 5.10 Å². The molecular formula is C20H25N5O3S. The monoisotopic (exact) mass is 415 g/mol. The molecule has 0 aliphatic carbocycles. The number of hydrogen-bond acceptors (Lipinski definition) is 7. The Morgan fingerprint density at radius 2 is 2.07 bits per heavy atom. The number of ether oxygens (including phenoxy) is 1. The number of carbonyl (C=O) groups is 1. The Morgan fingerprint density at radius 3 is 2.69 bits per heavy atom. The predicted molar refractivity (Wildman–Crippen MR) is 111 cm³/mol. The van der Waals surface area contributed by atoms with E-state index in [1.54, 1.807) is 14.0 Å². The zero-order valence-corrected chi connectivity index (χ0v) is 17.6. The summed E-state index contributed by atoms with van der Waals surface area (Å²) in [5, 5.41) is 15.4. The summed E-state index contributed by atoms with van der Waals surface area (Å²) in [6.07, 6.45) is 0.718. The summed E-state index contributed by atoms with van der Waals surface area (Å²) in [4.78, 5) is 21.9.